The van der Waals surface area contributed by atoms with Crippen molar-refractivity contribution >= 4 is 19.8 Å². The van der Waals surface area contributed by atoms with Crippen LogP contribution in [0, 0.1) is 0 Å². The predicted molar refractivity (Wildman–Crippen MR) is 159 cm³/mol. The van der Waals surface area contributed by atoms with Crippen molar-refractivity contribution in [1.82, 2.24) is 0 Å². The van der Waals surface area contributed by atoms with Gasteiger partial charge in [0.25, 0.3) is 0 Å². The van der Waals surface area contributed by atoms with Crippen LogP contribution in [-0.2, 0) is 32.7 Å². The Morgan fingerprint density at radius 1 is 0.634 bits per heavy atom. The molecular weight excluding hydrogens is 551 g/mol. The number of aliphatic hydroxyl groups is 2. The number of ether oxygens (including phenoxy) is 2. The summed E-state index contributed by atoms with van der Waals surface area (Å²) in [6.07, 6.45) is 19.7. The zero-order valence-electron chi connectivity index (χ0n) is 25.8. The van der Waals surface area contributed by atoms with E-state index in [-0.39, 0.29) is 19.4 Å². The fraction of sp³-hybridized carbons (Fsp3) is 0.933. The topological polar surface area (TPSA) is 149 Å². The van der Waals surface area contributed by atoms with Crippen molar-refractivity contribution in [3.05, 3.63) is 0 Å². The first-order valence-corrected chi connectivity index (χ1v) is 17.5. The minimum absolute atomic E-state index is 0.188. The SMILES string of the molecule is CCCCCCCCCCCCCCCCCCCC(=O)OC(COC(=O)CCC)COP(=O)(O)OCC(O)CO. The van der Waals surface area contributed by atoms with Gasteiger partial charge in [-0.3, -0.25) is 18.6 Å². The number of unbranched alkanes of at least 4 members (excludes halogenated alkanes) is 16. The van der Waals surface area contributed by atoms with E-state index in [1.807, 2.05) is 6.92 Å². The van der Waals surface area contributed by atoms with Gasteiger partial charge in [-0.15, -0.1) is 0 Å². The molecule has 41 heavy (non-hydrogen) atoms. The minimum atomic E-state index is -4.58. The molecule has 0 aromatic rings. The van der Waals surface area contributed by atoms with Gasteiger partial charge in [-0.1, -0.05) is 117 Å². The monoisotopic (exact) mass is 610 g/mol. The van der Waals surface area contributed by atoms with Crippen molar-refractivity contribution < 1.29 is 47.8 Å². The molecule has 3 atom stereocenters. The van der Waals surface area contributed by atoms with E-state index < -0.39 is 51.8 Å². The highest BCUT2D eigenvalue weighted by Gasteiger charge is 2.27. The highest BCUT2D eigenvalue weighted by atomic mass is 31.2. The summed E-state index contributed by atoms with van der Waals surface area (Å²) in [4.78, 5) is 33.8. The standard InChI is InChI=1S/C30H59O10P/c1-3-5-6-7-8-9-10-11-12-13-14-15-16-17-18-19-20-22-30(34)40-28(25-37-29(33)21-4-2)26-39-41(35,36)38-24-27(32)23-31/h27-28,31-32H,3-26H2,1-2H3,(H,35,36). The third-order valence-electron chi connectivity index (χ3n) is 6.73. The van der Waals surface area contributed by atoms with E-state index in [2.05, 4.69) is 11.4 Å². The Kier molecular flexibility index (Phi) is 27.1. The Hall–Kier alpha value is -1.03. The van der Waals surface area contributed by atoms with E-state index in [1.54, 1.807) is 0 Å². The van der Waals surface area contributed by atoms with Crippen molar-refractivity contribution in [2.75, 3.05) is 26.4 Å². The van der Waals surface area contributed by atoms with Crippen LogP contribution in [0.5, 0.6) is 0 Å². The number of carbonyl (C=O) groups is 2. The predicted octanol–water partition coefficient (Wildman–Crippen LogP) is 6.77. The van der Waals surface area contributed by atoms with Crippen LogP contribution >= 0.6 is 7.82 Å². The summed E-state index contributed by atoms with van der Waals surface area (Å²) in [5, 5.41) is 18.0. The maximum Gasteiger partial charge on any atom is 0.472 e. The molecule has 0 aromatic carbocycles. The van der Waals surface area contributed by atoms with Gasteiger partial charge in [0, 0.05) is 12.8 Å². The maximum absolute atomic E-state index is 12.3. The van der Waals surface area contributed by atoms with Gasteiger partial charge >= 0.3 is 19.8 Å². The van der Waals surface area contributed by atoms with Crippen molar-refractivity contribution in [1.29, 1.82) is 0 Å². The Balaban J connectivity index is 4.02. The first-order valence-electron chi connectivity index (χ1n) is 16.0. The fourth-order valence-corrected chi connectivity index (χ4v) is 5.05. The van der Waals surface area contributed by atoms with Gasteiger partial charge in [0.1, 0.15) is 12.7 Å². The fourth-order valence-electron chi connectivity index (χ4n) is 4.26. The maximum atomic E-state index is 12.3. The van der Waals surface area contributed by atoms with E-state index in [0.717, 1.165) is 19.3 Å². The van der Waals surface area contributed by atoms with Gasteiger partial charge < -0.3 is 24.6 Å². The molecule has 0 radical (unpaired) electrons. The molecule has 0 saturated heterocycles. The van der Waals surface area contributed by atoms with Crippen LogP contribution in [-0.4, -0.2) is 65.7 Å². The number of hydrogen-bond acceptors (Lipinski definition) is 9. The third-order valence-corrected chi connectivity index (χ3v) is 7.68. The van der Waals surface area contributed by atoms with E-state index >= 15 is 0 Å². The Bertz CT molecular complexity index is 676. The number of esters is 2. The van der Waals surface area contributed by atoms with Crippen molar-refractivity contribution in [3.8, 4) is 0 Å². The molecule has 0 rings (SSSR count). The van der Waals surface area contributed by atoms with Crippen LogP contribution < -0.4 is 0 Å². The average molecular weight is 611 g/mol. The van der Waals surface area contributed by atoms with Crippen molar-refractivity contribution in [3.63, 3.8) is 0 Å². The van der Waals surface area contributed by atoms with Crippen LogP contribution in [0.15, 0.2) is 0 Å². The second-order valence-corrected chi connectivity index (χ2v) is 12.3. The molecule has 0 saturated carbocycles. The first kappa shape index (κ1) is 40.0. The van der Waals surface area contributed by atoms with E-state index in [0.29, 0.717) is 12.8 Å². The lowest BCUT2D eigenvalue weighted by atomic mass is 10.0. The van der Waals surface area contributed by atoms with Crippen LogP contribution in [0.2, 0.25) is 0 Å². The van der Waals surface area contributed by atoms with Crippen LogP contribution in [0.1, 0.15) is 142 Å². The van der Waals surface area contributed by atoms with Gasteiger partial charge in [0.2, 0.25) is 0 Å². The molecule has 0 fully saturated rings. The van der Waals surface area contributed by atoms with Crippen LogP contribution in [0.3, 0.4) is 0 Å². The van der Waals surface area contributed by atoms with Gasteiger partial charge in [0.15, 0.2) is 6.10 Å². The molecule has 0 aromatic heterocycles. The minimum Gasteiger partial charge on any atom is -0.462 e. The number of hydrogen-bond donors (Lipinski definition) is 3. The lowest BCUT2D eigenvalue weighted by molar-refractivity contribution is -0.161. The molecule has 0 spiro atoms. The summed E-state index contributed by atoms with van der Waals surface area (Å²) in [5.74, 6) is -0.980. The second kappa shape index (κ2) is 27.8. The Morgan fingerprint density at radius 3 is 1.56 bits per heavy atom. The van der Waals surface area contributed by atoms with Gasteiger partial charge in [0.05, 0.1) is 19.8 Å². The van der Waals surface area contributed by atoms with Crippen molar-refractivity contribution in [2.45, 2.75) is 154 Å². The molecule has 0 aliphatic heterocycles. The number of carbonyl (C=O) groups excluding carboxylic acids is 2. The normalized spacial score (nSPS) is 14.4. The molecule has 3 unspecified atom stereocenters. The molecule has 3 N–H and O–H groups in total. The van der Waals surface area contributed by atoms with Gasteiger partial charge in [-0.05, 0) is 12.8 Å². The van der Waals surface area contributed by atoms with Crippen molar-refractivity contribution in [2.24, 2.45) is 0 Å². The lowest BCUT2D eigenvalue weighted by Crippen LogP contribution is -2.29. The quantitative estimate of drug-likeness (QED) is 0.0452. The highest BCUT2D eigenvalue weighted by molar-refractivity contribution is 7.47. The smallest absolute Gasteiger partial charge is 0.462 e. The molecule has 0 bridgehead atoms. The summed E-state index contributed by atoms with van der Waals surface area (Å²) in [5.41, 5.74) is 0. The Labute approximate surface area is 248 Å². The first-order chi connectivity index (χ1) is 19.7. The summed E-state index contributed by atoms with van der Waals surface area (Å²) < 4.78 is 31.8. The number of phosphoric acid groups is 1. The second-order valence-electron chi connectivity index (χ2n) is 10.8. The Morgan fingerprint density at radius 2 is 1.10 bits per heavy atom. The molecule has 0 aliphatic carbocycles. The molecular formula is C30H59O10P. The number of phosphoric ester groups is 1. The number of rotatable bonds is 30. The molecule has 0 amide bonds. The largest absolute Gasteiger partial charge is 0.472 e. The van der Waals surface area contributed by atoms with E-state index in [9.17, 15) is 24.2 Å². The summed E-state index contributed by atoms with van der Waals surface area (Å²) in [7, 11) is -4.58. The summed E-state index contributed by atoms with van der Waals surface area (Å²) in [6.45, 7) is 1.97. The van der Waals surface area contributed by atoms with Crippen LogP contribution in [0.25, 0.3) is 0 Å². The molecule has 0 aliphatic rings. The zero-order valence-corrected chi connectivity index (χ0v) is 26.7. The average Bonchev–Trinajstić information content (AvgIpc) is 2.95. The lowest BCUT2D eigenvalue weighted by Gasteiger charge is -2.20. The molecule has 11 heteroatoms. The number of aliphatic hydroxyl groups excluding tert-OH is 2. The summed E-state index contributed by atoms with van der Waals surface area (Å²) in [6, 6.07) is 0. The van der Waals surface area contributed by atoms with E-state index in [4.69, 9.17) is 19.1 Å². The highest BCUT2D eigenvalue weighted by Crippen LogP contribution is 2.43. The molecule has 244 valence electrons. The van der Waals surface area contributed by atoms with E-state index in [1.165, 1.54) is 83.5 Å². The van der Waals surface area contributed by atoms with Gasteiger partial charge in [-0.2, -0.15) is 0 Å². The third kappa shape index (κ3) is 27.5. The van der Waals surface area contributed by atoms with Gasteiger partial charge in [-0.25, -0.2) is 4.57 Å². The molecule has 10 nitrogen and oxygen atoms in total. The zero-order chi connectivity index (χ0) is 30.6. The van der Waals surface area contributed by atoms with Crippen LogP contribution in [0.4, 0.5) is 0 Å². The molecule has 0 heterocycles. The summed E-state index contributed by atoms with van der Waals surface area (Å²) >= 11 is 0.